The number of aromatic nitrogens is 1. The van der Waals surface area contributed by atoms with Crippen LogP contribution in [-0.4, -0.2) is 4.57 Å². The van der Waals surface area contributed by atoms with Gasteiger partial charge in [0.05, 0.1) is 16.7 Å². The molecule has 2 aliphatic carbocycles. The Kier molecular flexibility index (Phi) is 7.96. The summed E-state index contributed by atoms with van der Waals surface area (Å²) >= 11 is 0. The highest BCUT2D eigenvalue weighted by atomic mass is 15.1. The van der Waals surface area contributed by atoms with Gasteiger partial charge >= 0.3 is 0 Å². The van der Waals surface area contributed by atoms with Crippen LogP contribution >= 0.6 is 0 Å². The molecule has 296 valence electrons. The number of para-hydroxylation sites is 1. The molecule has 0 unspecified atom stereocenters. The van der Waals surface area contributed by atoms with Gasteiger partial charge in [0.15, 0.2) is 0 Å². The van der Waals surface area contributed by atoms with Crippen LogP contribution in [0.2, 0.25) is 0 Å². The maximum Gasteiger partial charge on any atom is 0.0544 e. The molecule has 0 bridgehead atoms. The van der Waals surface area contributed by atoms with Gasteiger partial charge in [-0.25, -0.2) is 0 Å². The standard InChI is InChI=1S/C60H46N2/c1-59(2)52-26-13-12-24-47(52)49-37-51-50-36-42(31-34-55(50)62(57(51)38-54(49)59)43-20-9-6-10-21-43)40-29-32-44(33-30-40)61(45-22-15-19-41(35-45)39-17-7-5-8-18-39)56-28-16-25-48-46-23-11-14-27-53(46)60(3,4)58(48)56/h5-38H,1-4H3. The number of hydrogen-bond donors (Lipinski definition) is 0. The summed E-state index contributed by atoms with van der Waals surface area (Å²) in [5.74, 6) is 0. The van der Waals surface area contributed by atoms with Gasteiger partial charge in [0.25, 0.3) is 0 Å². The molecule has 10 aromatic rings. The summed E-state index contributed by atoms with van der Waals surface area (Å²) in [7, 11) is 0. The summed E-state index contributed by atoms with van der Waals surface area (Å²) in [6.45, 7) is 9.49. The van der Waals surface area contributed by atoms with Crippen molar-refractivity contribution >= 4 is 38.9 Å². The van der Waals surface area contributed by atoms with Gasteiger partial charge in [-0.05, 0) is 133 Å². The molecule has 0 atom stereocenters. The number of hydrogen-bond acceptors (Lipinski definition) is 1. The van der Waals surface area contributed by atoms with Crippen molar-refractivity contribution in [1.82, 2.24) is 4.57 Å². The molecule has 0 saturated carbocycles. The second-order valence-corrected chi connectivity index (χ2v) is 18.2. The van der Waals surface area contributed by atoms with Crippen LogP contribution in [0.5, 0.6) is 0 Å². The smallest absolute Gasteiger partial charge is 0.0544 e. The van der Waals surface area contributed by atoms with Crippen LogP contribution in [0.4, 0.5) is 17.1 Å². The summed E-state index contributed by atoms with van der Waals surface area (Å²) < 4.78 is 2.45. The van der Waals surface area contributed by atoms with Gasteiger partial charge in [0.1, 0.15) is 0 Å². The zero-order chi connectivity index (χ0) is 41.7. The Hall–Kier alpha value is -7.42. The minimum Gasteiger partial charge on any atom is -0.310 e. The minimum absolute atomic E-state index is 0.0820. The van der Waals surface area contributed by atoms with E-state index < -0.39 is 0 Å². The van der Waals surface area contributed by atoms with Crippen LogP contribution in [0, 0.1) is 0 Å². The van der Waals surface area contributed by atoms with Gasteiger partial charge in [-0.3, -0.25) is 0 Å². The molecule has 1 aromatic heterocycles. The fourth-order valence-electron chi connectivity index (χ4n) is 10.9. The van der Waals surface area contributed by atoms with Gasteiger partial charge in [-0.1, -0.05) is 167 Å². The van der Waals surface area contributed by atoms with Crippen LogP contribution in [0.3, 0.4) is 0 Å². The number of rotatable bonds is 6. The lowest BCUT2D eigenvalue weighted by molar-refractivity contribution is 0.660. The molecule has 0 aliphatic heterocycles. The van der Waals surface area contributed by atoms with E-state index in [1.165, 1.54) is 99.9 Å². The molecule has 0 N–H and O–H groups in total. The zero-order valence-corrected chi connectivity index (χ0v) is 35.5. The lowest BCUT2D eigenvalue weighted by atomic mass is 9.81. The van der Waals surface area contributed by atoms with E-state index >= 15 is 0 Å². The van der Waals surface area contributed by atoms with Crippen molar-refractivity contribution in [2.75, 3.05) is 4.90 Å². The van der Waals surface area contributed by atoms with Crippen molar-refractivity contribution in [3.63, 3.8) is 0 Å². The Balaban J connectivity index is 1.02. The van der Waals surface area contributed by atoms with E-state index in [4.69, 9.17) is 0 Å². The van der Waals surface area contributed by atoms with E-state index in [1.807, 2.05) is 0 Å². The summed E-state index contributed by atoms with van der Waals surface area (Å²) in [6, 6.07) is 76.4. The Morgan fingerprint density at radius 2 is 0.919 bits per heavy atom. The molecule has 0 spiro atoms. The number of benzene rings is 9. The topological polar surface area (TPSA) is 8.17 Å². The molecule has 2 aliphatic rings. The van der Waals surface area contributed by atoms with Crippen molar-refractivity contribution in [2.24, 2.45) is 0 Å². The molecule has 2 heteroatoms. The van der Waals surface area contributed by atoms with E-state index in [2.05, 4.69) is 243 Å². The molecular formula is C60H46N2. The maximum atomic E-state index is 2.47. The summed E-state index contributed by atoms with van der Waals surface area (Å²) in [4.78, 5) is 2.47. The predicted molar refractivity (Wildman–Crippen MR) is 261 cm³/mol. The van der Waals surface area contributed by atoms with E-state index in [0.717, 1.165) is 11.4 Å². The molecule has 0 amide bonds. The molecule has 0 fully saturated rings. The van der Waals surface area contributed by atoms with Crippen LogP contribution in [0.15, 0.2) is 206 Å². The number of nitrogens with zero attached hydrogens (tertiary/aromatic N) is 2. The highest BCUT2D eigenvalue weighted by molar-refractivity contribution is 6.12. The molecule has 12 rings (SSSR count). The number of fused-ring (bicyclic) bond motifs is 9. The Labute approximate surface area is 364 Å². The highest BCUT2D eigenvalue weighted by Gasteiger charge is 2.39. The molecule has 1 heterocycles. The SMILES string of the molecule is CC1(C)c2ccccc2-c2cc3c4cc(-c5ccc(N(c6cccc(-c7ccccc7)c6)c6cccc7c6C(C)(C)c6ccccc6-7)cc5)ccc4n(-c4ccccc4)c3cc21. The fraction of sp³-hybridized carbons (Fsp3) is 0.100. The van der Waals surface area contributed by atoms with Gasteiger partial charge < -0.3 is 9.47 Å². The largest absolute Gasteiger partial charge is 0.310 e. The van der Waals surface area contributed by atoms with Crippen LogP contribution in [-0.2, 0) is 10.8 Å². The van der Waals surface area contributed by atoms with Gasteiger partial charge in [-0.2, -0.15) is 0 Å². The monoisotopic (exact) mass is 794 g/mol. The molecule has 0 radical (unpaired) electrons. The third kappa shape index (κ3) is 5.36. The normalized spacial score (nSPS) is 14.1. The Morgan fingerprint density at radius 3 is 1.68 bits per heavy atom. The predicted octanol–water partition coefficient (Wildman–Crippen LogP) is 16.2. The van der Waals surface area contributed by atoms with E-state index in [1.54, 1.807) is 0 Å². The Bertz CT molecular complexity index is 3390. The molecule has 9 aromatic carbocycles. The maximum absolute atomic E-state index is 2.47. The van der Waals surface area contributed by atoms with Crippen LogP contribution in [0.1, 0.15) is 49.9 Å². The molecule has 0 saturated heterocycles. The second kappa shape index (κ2) is 13.5. The van der Waals surface area contributed by atoms with Crippen molar-refractivity contribution in [1.29, 1.82) is 0 Å². The highest BCUT2D eigenvalue weighted by Crippen LogP contribution is 2.55. The first-order valence-corrected chi connectivity index (χ1v) is 21.8. The van der Waals surface area contributed by atoms with Crippen molar-refractivity contribution in [2.45, 2.75) is 38.5 Å². The zero-order valence-electron chi connectivity index (χ0n) is 35.5. The second-order valence-electron chi connectivity index (χ2n) is 18.2. The third-order valence-electron chi connectivity index (χ3n) is 14.0. The van der Waals surface area contributed by atoms with E-state index in [-0.39, 0.29) is 10.8 Å². The average molecular weight is 795 g/mol. The van der Waals surface area contributed by atoms with Gasteiger partial charge in [0.2, 0.25) is 0 Å². The summed E-state index contributed by atoms with van der Waals surface area (Å²) in [5.41, 5.74) is 22.5. The van der Waals surface area contributed by atoms with Crippen LogP contribution in [0.25, 0.3) is 72.0 Å². The average Bonchev–Trinajstić information content (AvgIpc) is 3.85. The quantitative estimate of drug-likeness (QED) is 0.163. The summed E-state index contributed by atoms with van der Waals surface area (Å²) in [6.07, 6.45) is 0. The molecular weight excluding hydrogens is 749 g/mol. The van der Waals surface area contributed by atoms with Crippen LogP contribution < -0.4 is 4.90 Å². The van der Waals surface area contributed by atoms with E-state index in [0.29, 0.717) is 0 Å². The van der Waals surface area contributed by atoms with E-state index in [9.17, 15) is 0 Å². The third-order valence-corrected chi connectivity index (χ3v) is 14.0. The number of anilines is 3. The molecule has 62 heavy (non-hydrogen) atoms. The minimum atomic E-state index is -0.177. The van der Waals surface area contributed by atoms with Crippen molar-refractivity contribution < 1.29 is 0 Å². The first-order chi connectivity index (χ1) is 30.3. The first kappa shape index (κ1) is 36.4. The van der Waals surface area contributed by atoms with Crippen molar-refractivity contribution in [3.05, 3.63) is 229 Å². The lowest BCUT2D eigenvalue weighted by Gasteiger charge is -2.32. The molecule has 2 nitrogen and oxygen atoms in total. The fourth-order valence-corrected chi connectivity index (χ4v) is 10.9. The van der Waals surface area contributed by atoms with Crippen molar-refractivity contribution in [3.8, 4) is 50.2 Å². The van der Waals surface area contributed by atoms with Gasteiger partial charge in [0, 0.05) is 38.7 Å². The first-order valence-electron chi connectivity index (χ1n) is 21.8. The van der Waals surface area contributed by atoms with Gasteiger partial charge in [-0.15, -0.1) is 0 Å². The lowest BCUT2D eigenvalue weighted by Crippen LogP contribution is -2.20. The summed E-state index contributed by atoms with van der Waals surface area (Å²) in [5, 5.41) is 2.54. The Morgan fingerprint density at radius 1 is 0.355 bits per heavy atom.